The number of hydrogen-bond acceptors (Lipinski definition) is 18. The van der Waals surface area contributed by atoms with Crippen LogP contribution in [0.2, 0.25) is 0 Å². The van der Waals surface area contributed by atoms with Crippen molar-refractivity contribution < 1.29 is 70.5 Å². The molecule has 0 aliphatic carbocycles. The van der Waals surface area contributed by atoms with Crippen molar-refractivity contribution in [1.29, 1.82) is 0 Å². The molecule has 0 unspecified atom stereocenters. The van der Waals surface area contributed by atoms with E-state index in [-0.39, 0.29) is 5.69 Å². The summed E-state index contributed by atoms with van der Waals surface area (Å²) in [5, 5.41) is 32.9. The molecule has 27 heteroatoms. The lowest BCUT2D eigenvalue weighted by atomic mass is 10.1. The van der Waals surface area contributed by atoms with Crippen molar-refractivity contribution in [3.63, 3.8) is 0 Å². The Hall–Kier alpha value is -4.71. The van der Waals surface area contributed by atoms with Gasteiger partial charge in [-0.25, -0.2) is 8.42 Å². The summed E-state index contributed by atoms with van der Waals surface area (Å²) in [6.07, 6.45) is 0. The van der Waals surface area contributed by atoms with Gasteiger partial charge in [0.2, 0.25) is 0 Å². The second-order valence-electron chi connectivity index (χ2n) is 10.0. The molecule has 0 saturated heterocycles. The number of anilines is 2. The second kappa shape index (κ2) is 13.4. The molecular weight excluding hydrogens is 789 g/mol. The Balaban J connectivity index is 2.06. The monoisotopic (exact) mass is 810 g/mol. The number of aromatic hydroxyl groups is 1. The fraction of sp³-hybridized carbons (Fsp3) is 0.0833. The molecule has 0 bridgehead atoms. The molecule has 0 aromatic heterocycles. The summed E-state index contributed by atoms with van der Waals surface area (Å²) in [4.78, 5) is -5.24. The number of benzene rings is 4. The minimum absolute atomic E-state index is 0.121. The molecule has 22 nitrogen and oxygen atoms in total. The zero-order valence-electron chi connectivity index (χ0n) is 24.8. The molecule has 0 amide bonds. The second-order valence-corrected chi connectivity index (χ2v) is 17.7. The Morgan fingerprint density at radius 2 is 1.08 bits per heavy atom. The summed E-state index contributed by atoms with van der Waals surface area (Å²) in [6.45, 7) is -0.848. The Labute approximate surface area is 287 Å². The van der Waals surface area contributed by atoms with Gasteiger partial charge in [-0.1, -0.05) is 0 Å². The van der Waals surface area contributed by atoms with Crippen molar-refractivity contribution in [3.8, 4) is 5.75 Å². The van der Waals surface area contributed by atoms with E-state index in [4.69, 9.17) is 16.6 Å². The normalized spacial score (nSPS) is 13.4. The van der Waals surface area contributed by atoms with Crippen molar-refractivity contribution >= 4 is 95.2 Å². The number of phenols is 1. The van der Waals surface area contributed by atoms with E-state index in [1.807, 2.05) is 0 Å². The predicted octanol–water partition coefficient (Wildman–Crippen LogP) is 2.29. The Morgan fingerprint density at radius 3 is 1.61 bits per heavy atom. The smallest absolute Gasteiger partial charge is 0.296 e. The van der Waals surface area contributed by atoms with E-state index < -0.39 is 132 Å². The van der Waals surface area contributed by atoms with Gasteiger partial charge < -0.3 is 21.7 Å². The van der Waals surface area contributed by atoms with Crippen LogP contribution in [0, 0.1) is 0 Å². The van der Waals surface area contributed by atoms with Gasteiger partial charge in [-0.15, -0.1) is 20.5 Å². The highest BCUT2D eigenvalue weighted by Gasteiger charge is 2.29. The maximum Gasteiger partial charge on any atom is 0.296 e. The van der Waals surface area contributed by atoms with E-state index in [9.17, 15) is 65.4 Å². The third-order valence-corrected chi connectivity index (χ3v) is 11.8. The molecule has 10 N–H and O–H groups in total. The molecule has 4 rings (SSSR count). The van der Waals surface area contributed by atoms with Crippen LogP contribution in [0.5, 0.6) is 5.75 Å². The summed E-state index contributed by atoms with van der Waals surface area (Å²) >= 11 is 0. The highest BCUT2D eigenvalue weighted by atomic mass is 32.2. The third-order valence-electron chi connectivity index (χ3n) is 6.57. The molecule has 4 aromatic carbocycles. The average Bonchev–Trinajstić information content (AvgIpc) is 2.97. The van der Waals surface area contributed by atoms with Gasteiger partial charge >= 0.3 is 0 Å². The molecule has 0 fully saturated rings. The number of nitrogens with zero attached hydrogens (tertiary/aromatic N) is 4. The largest absolute Gasteiger partial charge is 0.505 e. The van der Waals surface area contributed by atoms with Crippen LogP contribution < -0.4 is 11.5 Å². The quantitative estimate of drug-likeness (QED) is 0.0611. The Bertz CT molecular complexity index is 2750. The standard InChI is InChI=1S/C24H22N6O16S5/c25-12-1-4-16(48(35,36)37)15(9-12)28-30-23-19(51(44,45)46)8-11-7-18(50(41,42)43)22(21(26)20(11)24(23)32)29-27-14-3-2-13(47(33,34)6-5-31)10-17(14)49(38,39)40/h1-4,7-10,31-32H,5-6,25-26H2,(H,35,36,37)(H,38,39,40)(H,41,42,43)(H,44,45,46). The van der Waals surface area contributed by atoms with Gasteiger partial charge in [-0.2, -0.15) is 33.7 Å². The van der Waals surface area contributed by atoms with E-state index in [0.717, 1.165) is 24.3 Å². The minimum atomic E-state index is -5.40. The molecule has 0 saturated carbocycles. The van der Waals surface area contributed by atoms with Gasteiger partial charge in [0, 0.05) is 5.69 Å². The number of hydrogen-bond donors (Lipinski definition) is 8. The zero-order chi connectivity index (χ0) is 38.5. The van der Waals surface area contributed by atoms with E-state index in [1.165, 1.54) is 0 Å². The van der Waals surface area contributed by atoms with Crippen molar-refractivity contribution in [1.82, 2.24) is 0 Å². The molecular formula is C24H22N6O16S5. The maximum absolute atomic E-state index is 12.4. The van der Waals surface area contributed by atoms with Crippen LogP contribution in [0.15, 0.2) is 93.5 Å². The van der Waals surface area contributed by atoms with Crippen molar-refractivity contribution in [2.45, 2.75) is 24.5 Å². The summed E-state index contributed by atoms with van der Waals surface area (Å²) in [5.74, 6) is -2.12. The first-order valence-corrected chi connectivity index (χ1v) is 20.4. The highest BCUT2D eigenvalue weighted by Crippen LogP contribution is 2.48. The minimum Gasteiger partial charge on any atom is -0.505 e. The van der Waals surface area contributed by atoms with Crippen LogP contribution >= 0.6 is 0 Å². The van der Waals surface area contributed by atoms with Crippen molar-refractivity contribution in [2.75, 3.05) is 23.8 Å². The first-order valence-electron chi connectivity index (χ1n) is 13.0. The molecule has 4 aromatic rings. The molecule has 0 atom stereocenters. The van der Waals surface area contributed by atoms with E-state index in [2.05, 4.69) is 20.5 Å². The number of nitrogen functional groups attached to an aromatic ring is 2. The van der Waals surface area contributed by atoms with Crippen LogP contribution in [-0.4, -0.2) is 82.9 Å². The number of rotatable bonds is 11. The lowest BCUT2D eigenvalue weighted by Gasteiger charge is -2.14. The lowest BCUT2D eigenvalue weighted by molar-refractivity contribution is 0.319. The van der Waals surface area contributed by atoms with Gasteiger partial charge in [0.1, 0.15) is 42.3 Å². The zero-order valence-corrected chi connectivity index (χ0v) is 28.9. The summed E-state index contributed by atoms with van der Waals surface area (Å²) < 4.78 is 161. The van der Waals surface area contributed by atoms with Crippen molar-refractivity contribution in [3.05, 3.63) is 48.5 Å². The van der Waals surface area contributed by atoms with Gasteiger partial charge in [0.15, 0.2) is 15.6 Å². The number of azo groups is 2. The van der Waals surface area contributed by atoms with Gasteiger partial charge in [-0.3, -0.25) is 18.2 Å². The van der Waals surface area contributed by atoms with E-state index >= 15 is 0 Å². The van der Waals surface area contributed by atoms with E-state index in [1.54, 1.807) is 0 Å². The predicted molar refractivity (Wildman–Crippen MR) is 174 cm³/mol. The van der Waals surface area contributed by atoms with E-state index in [0.29, 0.717) is 24.3 Å². The first kappa shape index (κ1) is 39.1. The van der Waals surface area contributed by atoms with Crippen LogP contribution in [0.25, 0.3) is 10.8 Å². The van der Waals surface area contributed by atoms with Gasteiger partial charge in [0.05, 0.1) is 28.3 Å². The van der Waals surface area contributed by atoms with Gasteiger partial charge in [-0.05, 0) is 53.9 Å². The summed E-state index contributed by atoms with van der Waals surface area (Å²) in [6, 6.07) is 5.71. The van der Waals surface area contributed by atoms with Crippen LogP contribution in [0.1, 0.15) is 0 Å². The number of nitrogens with two attached hydrogens (primary N) is 2. The molecule has 0 aliphatic rings. The number of aliphatic hydroxyl groups excluding tert-OH is 1. The van der Waals surface area contributed by atoms with Crippen LogP contribution in [0.3, 0.4) is 0 Å². The molecule has 51 heavy (non-hydrogen) atoms. The van der Waals surface area contributed by atoms with Crippen molar-refractivity contribution in [2.24, 2.45) is 20.5 Å². The number of sulfone groups is 1. The molecule has 0 aliphatic heterocycles. The topological polar surface area (TPSA) is 394 Å². The van der Waals surface area contributed by atoms with Crippen LogP contribution in [-0.2, 0) is 50.3 Å². The fourth-order valence-corrected chi connectivity index (χ4v) is 8.06. The highest BCUT2D eigenvalue weighted by molar-refractivity contribution is 7.91. The molecule has 0 heterocycles. The number of aliphatic hydroxyl groups is 1. The summed E-state index contributed by atoms with van der Waals surface area (Å²) in [5.41, 5.74) is 6.95. The Morgan fingerprint density at radius 1 is 0.569 bits per heavy atom. The third kappa shape index (κ3) is 8.27. The van der Waals surface area contributed by atoms with Crippen LogP contribution in [0.4, 0.5) is 34.1 Å². The number of phenolic OH excluding ortho intramolecular Hbond substituents is 1. The maximum atomic E-state index is 12.4. The Kier molecular flexibility index (Phi) is 10.3. The SMILES string of the molecule is Nc1ccc(S(=O)(=O)O)c(N=Nc2c(S(=O)(=O)O)cc3cc(S(=O)(=O)O)c(N=Nc4ccc(S(=O)(=O)CCO)cc4S(=O)(=O)O)c(N)c3c2O)c1. The molecule has 0 radical (unpaired) electrons. The first-order chi connectivity index (χ1) is 23.3. The fourth-order valence-electron chi connectivity index (χ4n) is 4.36. The lowest BCUT2D eigenvalue weighted by Crippen LogP contribution is -2.11. The summed E-state index contributed by atoms with van der Waals surface area (Å²) in [7, 11) is -25.3. The average molecular weight is 811 g/mol. The van der Waals surface area contributed by atoms with Gasteiger partial charge in [0.25, 0.3) is 40.5 Å². The molecule has 274 valence electrons. The number of fused-ring (bicyclic) bond motifs is 1. The molecule has 0 spiro atoms.